The van der Waals surface area contributed by atoms with Crippen molar-refractivity contribution in [3.05, 3.63) is 40.1 Å². The summed E-state index contributed by atoms with van der Waals surface area (Å²) in [4.78, 5) is 0. The summed E-state index contributed by atoms with van der Waals surface area (Å²) >= 11 is 12.6. The highest BCUT2D eigenvalue weighted by molar-refractivity contribution is 6.34. The molecule has 0 amide bonds. The smallest absolute Gasteiger partial charge is 0.191 e. The molecule has 136 valence electrons. The van der Waals surface area contributed by atoms with Crippen LogP contribution in [-0.2, 0) is 11.2 Å². The molecule has 0 bridgehead atoms. The number of halogens is 2. The number of ether oxygens (including phenoxy) is 2. The van der Waals surface area contributed by atoms with Crippen molar-refractivity contribution < 1.29 is 14.6 Å². The first-order chi connectivity index (χ1) is 12.2. The lowest BCUT2D eigenvalue weighted by atomic mass is 9.98. The summed E-state index contributed by atoms with van der Waals surface area (Å²) in [5.74, 6) is 0.630. The van der Waals surface area contributed by atoms with Gasteiger partial charge in [-0.25, -0.2) is 0 Å². The molecule has 0 aliphatic carbocycles. The normalized spacial score (nSPS) is 10.9. The Balaban J connectivity index is 2.20. The molecule has 0 spiro atoms. The van der Waals surface area contributed by atoms with Crippen molar-refractivity contribution in [3.8, 4) is 16.9 Å². The maximum absolute atomic E-state index is 8.59. The van der Waals surface area contributed by atoms with Crippen LogP contribution in [0.25, 0.3) is 11.1 Å². The van der Waals surface area contributed by atoms with Gasteiger partial charge in [0.15, 0.2) is 17.1 Å². The van der Waals surface area contributed by atoms with E-state index in [2.05, 4.69) is 17.1 Å². The average molecular weight is 385 g/mol. The second kappa shape index (κ2) is 10.6. The number of rotatable bonds is 10. The quantitative estimate of drug-likeness (QED) is 0.467. The highest BCUT2D eigenvalue weighted by atomic mass is 35.5. The zero-order valence-corrected chi connectivity index (χ0v) is 15.7. The number of unbranched alkanes of at least 4 members (excludes halogenated alkanes) is 3. The van der Waals surface area contributed by atoms with Crippen molar-refractivity contribution in [3.63, 3.8) is 0 Å². The van der Waals surface area contributed by atoms with Crippen LogP contribution >= 0.6 is 23.2 Å². The lowest BCUT2D eigenvalue weighted by Gasteiger charge is -2.13. The predicted molar refractivity (Wildman–Crippen MR) is 99.0 cm³/mol. The van der Waals surface area contributed by atoms with Crippen molar-refractivity contribution >= 4 is 23.2 Å². The van der Waals surface area contributed by atoms with Crippen LogP contribution in [0.4, 0.5) is 0 Å². The lowest BCUT2D eigenvalue weighted by Crippen LogP contribution is -2.03. The third-order valence-electron chi connectivity index (χ3n) is 3.81. The SMILES string of the molecule is CCCCCCc1c(Cl)nnc(Cl)c1-c1ccc(OCOCO)cc1. The summed E-state index contributed by atoms with van der Waals surface area (Å²) in [6, 6.07) is 7.40. The van der Waals surface area contributed by atoms with E-state index in [1.54, 1.807) is 0 Å². The van der Waals surface area contributed by atoms with Gasteiger partial charge in [-0.3, -0.25) is 0 Å². The van der Waals surface area contributed by atoms with Crippen molar-refractivity contribution in [1.29, 1.82) is 0 Å². The van der Waals surface area contributed by atoms with Gasteiger partial charge >= 0.3 is 0 Å². The average Bonchev–Trinajstić information content (AvgIpc) is 2.62. The van der Waals surface area contributed by atoms with Crippen molar-refractivity contribution in [2.75, 3.05) is 13.6 Å². The molecule has 7 heteroatoms. The fourth-order valence-corrected chi connectivity index (χ4v) is 3.03. The molecule has 1 aromatic carbocycles. The Hall–Kier alpha value is -1.40. The summed E-state index contributed by atoms with van der Waals surface area (Å²) in [6.07, 6.45) is 5.36. The molecule has 0 fully saturated rings. The van der Waals surface area contributed by atoms with Crippen LogP contribution in [0.5, 0.6) is 5.75 Å². The molecule has 1 aromatic heterocycles. The fourth-order valence-electron chi connectivity index (χ4n) is 2.54. The molecule has 0 saturated heterocycles. The van der Waals surface area contributed by atoms with Crippen molar-refractivity contribution in [2.24, 2.45) is 0 Å². The van der Waals surface area contributed by atoms with E-state index in [0.29, 0.717) is 16.1 Å². The number of aromatic nitrogens is 2. The minimum absolute atomic E-state index is 0.0120. The Kier molecular flexibility index (Phi) is 8.41. The molecule has 5 nitrogen and oxygen atoms in total. The van der Waals surface area contributed by atoms with Gasteiger partial charge in [0.05, 0.1) is 0 Å². The zero-order chi connectivity index (χ0) is 18.1. The van der Waals surface area contributed by atoms with Gasteiger partial charge in [-0.1, -0.05) is 61.5 Å². The standard InChI is InChI=1S/C18H22Cl2N2O3/c1-2-3-4-5-6-15-16(18(20)22-21-17(15)19)13-7-9-14(10-8-13)25-12-24-11-23/h7-10,23H,2-6,11-12H2,1H3. The Morgan fingerprint density at radius 3 is 2.40 bits per heavy atom. The van der Waals surface area contributed by atoms with E-state index < -0.39 is 0 Å². The first-order valence-electron chi connectivity index (χ1n) is 8.29. The van der Waals surface area contributed by atoms with E-state index in [-0.39, 0.29) is 13.6 Å². The zero-order valence-electron chi connectivity index (χ0n) is 14.2. The second-order valence-corrected chi connectivity index (χ2v) is 6.28. The van der Waals surface area contributed by atoms with Crippen LogP contribution in [0.15, 0.2) is 24.3 Å². The van der Waals surface area contributed by atoms with E-state index in [4.69, 9.17) is 37.8 Å². The minimum Gasteiger partial charge on any atom is -0.467 e. The van der Waals surface area contributed by atoms with E-state index in [9.17, 15) is 0 Å². The number of benzene rings is 1. The maximum Gasteiger partial charge on any atom is 0.191 e. The third kappa shape index (κ3) is 5.82. The number of aliphatic hydroxyl groups is 1. The van der Waals surface area contributed by atoms with Crippen LogP contribution in [-0.4, -0.2) is 28.9 Å². The molecule has 25 heavy (non-hydrogen) atoms. The molecule has 0 aliphatic rings. The summed E-state index contributed by atoms with van der Waals surface area (Å²) in [5.41, 5.74) is 2.65. The predicted octanol–water partition coefficient (Wildman–Crippen LogP) is 4.88. The van der Waals surface area contributed by atoms with Gasteiger partial charge in [-0.2, -0.15) is 0 Å². The number of hydrogen-bond acceptors (Lipinski definition) is 5. The largest absolute Gasteiger partial charge is 0.467 e. The monoisotopic (exact) mass is 384 g/mol. The van der Waals surface area contributed by atoms with Gasteiger partial charge in [0.2, 0.25) is 0 Å². The first kappa shape index (κ1) is 19.9. The number of hydrogen-bond donors (Lipinski definition) is 1. The summed E-state index contributed by atoms with van der Waals surface area (Å²) in [5, 5.41) is 17.2. The van der Waals surface area contributed by atoms with Crippen molar-refractivity contribution in [2.45, 2.75) is 39.0 Å². The summed E-state index contributed by atoms with van der Waals surface area (Å²) < 4.78 is 10.1. The van der Waals surface area contributed by atoms with Gasteiger partial charge in [-0.05, 0) is 30.5 Å². The molecule has 1 heterocycles. The van der Waals surface area contributed by atoms with Gasteiger partial charge in [-0.15, -0.1) is 10.2 Å². The van der Waals surface area contributed by atoms with Crippen LogP contribution in [0, 0.1) is 0 Å². The summed E-state index contributed by atoms with van der Waals surface area (Å²) in [6.45, 7) is 1.79. The molecule has 0 aliphatic heterocycles. The Labute approximate surface area is 157 Å². The highest BCUT2D eigenvalue weighted by Gasteiger charge is 2.16. The topological polar surface area (TPSA) is 64.5 Å². The Morgan fingerprint density at radius 2 is 1.72 bits per heavy atom. The Bertz CT molecular complexity index is 666. The third-order valence-corrected chi connectivity index (χ3v) is 4.37. The number of nitrogens with zero attached hydrogens (tertiary/aromatic N) is 2. The van der Waals surface area contributed by atoms with E-state index in [1.807, 2.05) is 24.3 Å². The minimum atomic E-state index is -0.379. The molecular weight excluding hydrogens is 363 g/mol. The van der Waals surface area contributed by atoms with E-state index >= 15 is 0 Å². The van der Waals surface area contributed by atoms with E-state index in [1.165, 1.54) is 12.8 Å². The molecular formula is C18H22Cl2N2O3. The van der Waals surface area contributed by atoms with Crippen molar-refractivity contribution in [1.82, 2.24) is 10.2 Å². The first-order valence-corrected chi connectivity index (χ1v) is 9.05. The number of aliphatic hydroxyl groups excluding tert-OH is 1. The molecule has 0 radical (unpaired) electrons. The van der Waals surface area contributed by atoms with Gasteiger partial charge in [0, 0.05) is 11.1 Å². The maximum atomic E-state index is 8.59. The fraction of sp³-hybridized carbons (Fsp3) is 0.444. The summed E-state index contributed by atoms with van der Waals surface area (Å²) in [7, 11) is 0. The van der Waals surface area contributed by atoms with Gasteiger partial charge in [0.25, 0.3) is 0 Å². The molecule has 2 rings (SSSR count). The molecule has 0 atom stereocenters. The van der Waals surface area contributed by atoms with Gasteiger partial charge in [0.1, 0.15) is 12.5 Å². The van der Waals surface area contributed by atoms with Crippen LogP contribution < -0.4 is 4.74 Å². The second-order valence-electron chi connectivity index (χ2n) is 5.57. The molecule has 0 unspecified atom stereocenters. The molecule has 1 N–H and O–H groups in total. The molecule has 0 saturated carbocycles. The van der Waals surface area contributed by atoms with E-state index in [0.717, 1.165) is 36.0 Å². The van der Waals surface area contributed by atoms with Gasteiger partial charge < -0.3 is 14.6 Å². The lowest BCUT2D eigenvalue weighted by molar-refractivity contribution is -0.0653. The van der Waals surface area contributed by atoms with Crippen LogP contribution in [0.3, 0.4) is 0 Å². The highest BCUT2D eigenvalue weighted by Crippen LogP contribution is 2.34. The Morgan fingerprint density at radius 1 is 1.00 bits per heavy atom. The molecule has 2 aromatic rings. The van der Waals surface area contributed by atoms with Crippen LogP contribution in [0.1, 0.15) is 38.2 Å². The van der Waals surface area contributed by atoms with Crippen LogP contribution in [0.2, 0.25) is 10.3 Å².